The summed E-state index contributed by atoms with van der Waals surface area (Å²) in [4.78, 5) is 13.5. The number of sulfonamides is 1. The highest BCUT2D eigenvalue weighted by Gasteiger charge is 2.19. The van der Waals surface area contributed by atoms with Gasteiger partial charge in [0.2, 0.25) is 5.43 Å². The number of H-pyrrole nitrogens is 1. The Morgan fingerprint density at radius 2 is 1.80 bits per heavy atom. The van der Waals surface area contributed by atoms with Gasteiger partial charge in [0.1, 0.15) is 0 Å². The largest absolute Gasteiger partial charge is 0.366 e. The van der Waals surface area contributed by atoms with Gasteiger partial charge >= 0.3 is 0 Å². The Morgan fingerprint density at radius 1 is 1.20 bits per heavy atom. The zero-order chi connectivity index (χ0) is 14.9. The molecule has 0 fully saturated rings. The summed E-state index contributed by atoms with van der Waals surface area (Å²) in [6.45, 7) is 0. The maximum Gasteiger partial charge on any atom is 0.267 e. The van der Waals surface area contributed by atoms with Crippen LogP contribution in [0.5, 0.6) is 0 Å². The maximum absolute atomic E-state index is 13.2. The van der Waals surface area contributed by atoms with E-state index in [-0.39, 0.29) is 15.7 Å². The molecule has 1 aromatic carbocycles. The molecule has 2 aromatic rings. The fourth-order valence-electron chi connectivity index (χ4n) is 1.44. The zero-order valence-electron chi connectivity index (χ0n) is 9.65. The van der Waals surface area contributed by atoms with Gasteiger partial charge in [-0.1, -0.05) is 23.2 Å². The van der Waals surface area contributed by atoms with Gasteiger partial charge in [-0.25, -0.2) is 12.8 Å². The van der Waals surface area contributed by atoms with Gasteiger partial charge in [-0.15, -0.1) is 0 Å². The molecule has 106 valence electrons. The zero-order valence-corrected chi connectivity index (χ0v) is 12.0. The molecule has 0 amide bonds. The van der Waals surface area contributed by atoms with Gasteiger partial charge in [0, 0.05) is 18.5 Å². The summed E-state index contributed by atoms with van der Waals surface area (Å²) in [5, 5.41) is -0.672. The van der Waals surface area contributed by atoms with E-state index in [1.54, 1.807) is 0 Å². The summed E-state index contributed by atoms with van der Waals surface area (Å²) in [6, 6.07) is 3.17. The van der Waals surface area contributed by atoms with Crippen LogP contribution in [0.4, 0.5) is 10.1 Å². The van der Waals surface area contributed by atoms with Crippen LogP contribution in [-0.4, -0.2) is 13.4 Å². The first-order valence-electron chi connectivity index (χ1n) is 5.16. The molecular weight excluding hydrogens is 330 g/mol. The lowest BCUT2D eigenvalue weighted by Gasteiger charge is -2.08. The third-order valence-corrected chi connectivity index (χ3v) is 4.27. The van der Waals surface area contributed by atoms with Crippen LogP contribution in [0.25, 0.3) is 0 Å². The number of rotatable bonds is 3. The van der Waals surface area contributed by atoms with Crippen molar-refractivity contribution >= 4 is 38.9 Å². The third kappa shape index (κ3) is 2.95. The Kier molecular flexibility index (Phi) is 4.03. The molecule has 0 aliphatic rings. The van der Waals surface area contributed by atoms with Gasteiger partial charge in [-0.2, -0.15) is 0 Å². The molecule has 0 spiro atoms. The summed E-state index contributed by atoms with van der Waals surface area (Å²) >= 11 is 11.1. The van der Waals surface area contributed by atoms with Gasteiger partial charge in [0.05, 0.1) is 15.7 Å². The normalized spacial score (nSPS) is 11.3. The van der Waals surface area contributed by atoms with E-state index in [9.17, 15) is 17.6 Å². The van der Waals surface area contributed by atoms with Gasteiger partial charge < -0.3 is 4.98 Å². The van der Waals surface area contributed by atoms with Crippen molar-refractivity contribution in [3.8, 4) is 0 Å². The smallest absolute Gasteiger partial charge is 0.267 e. The first kappa shape index (κ1) is 14.8. The molecule has 0 aliphatic carbocycles. The van der Waals surface area contributed by atoms with Crippen molar-refractivity contribution in [1.82, 2.24) is 4.98 Å². The van der Waals surface area contributed by atoms with E-state index in [0.29, 0.717) is 0 Å². The molecule has 0 bridgehead atoms. The molecule has 0 unspecified atom stereocenters. The first-order chi connectivity index (χ1) is 9.31. The second-order valence-electron chi connectivity index (χ2n) is 3.73. The average molecular weight is 337 g/mol. The Hall–Kier alpha value is -1.57. The number of hydrogen-bond acceptors (Lipinski definition) is 3. The highest BCUT2D eigenvalue weighted by Crippen LogP contribution is 2.28. The highest BCUT2D eigenvalue weighted by atomic mass is 35.5. The number of hydrogen-bond donors (Lipinski definition) is 2. The van der Waals surface area contributed by atoms with E-state index in [1.807, 2.05) is 0 Å². The number of nitrogens with one attached hydrogen (secondary N) is 2. The minimum absolute atomic E-state index is 0.0512. The van der Waals surface area contributed by atoms with Crippen LogP contribution >= 0.6 is 23.2 Å². The van der Waals surface area contributed by atoms with Crippen molar-refractivity contribution in [2.75, 3.05) is 4.72 Å². The molecule has 0 aliphatic heterocycles. The number of anilines is 1. The van der Waals surface area contributed by atoms with E-state index in [0.717, 1.165) is 24.4 Å². The second kappa shape index (κ2) is 5.43. The van der Waals surface area contributed by atoms with Crippen LogP contribution in [0, 0.1) is 5.82 Å². The fraction of sp³-hybridized carbons (Fsp3) is 0. The predicted octanol–water partition coefficient (Wildman–Crippen LogP) is 2.62. The molecule has 1 heterocycles. The quantitative estimate of drug-likeness (QED) is 0.845. The molecule has 0 saturated carbocycles. The minimum Gasteiger partial charge on any atom is -0.366 e. The highest BCUT2D eigenvalue weighted by molar-refractivity contribution is 7.92. The summed E-state index contributed by atoms with van der Waals surface area (Å²) in [5.74, 6) is -0.853. The van der Waals surface area contributed by atoms with Crippen LogP contribution in [0.2, 0.25) is 10.0 Å². The van der Waals surface area contributed by atoms with E-state index >= 15 is 0 Å². The summed E-state index contributed by atoms with van der Waals surface area (Å²) < 4.78 is 39.4. The molecule has 5 nitrogen and oxygen atoms in total. The number of aromatic amines is 1. The minimum atomic E-state index is -4.12. The van der Waals surface area contributed by atoms with Crippen LogP contribution in [0.1, 0.15) is 0 Å². The van der Waals surface area contributed by atoms with E-state index in [4.69, 9.17) is 23.2 Å². The Labute approximate surface area is 123 Å². The van der Waals surface area contributed by atoms with Crippen molar-refractivity contribution in [2.45, 2.75) is 4.90 Å². The van der Waals surface area contributed by atoms with Crippen LogP contribution in [-0.2, 0) is 10.0 Å². The number of aromatic nitrogens is 1. The lowest BCUT2D eigenvalue weighted by molar-refractivity contribution is 0.600. The van der Waals surface area contributed by atoms with Gasteiger partial charge in [-0.05, 0) is 12.1 Å². The number of halogens is 3. The second-order valence-corrected chi connectivity index (χ2v) is 6.20. The molecule has 20 heavy (non-hydrogen) atoms. The van der Waals surface area contributed by atoms with Crippen LogP contribution < -0.4 is 10.2 Å². The van der Waals surface area contributed by atoms with Crippen molar-refractivity contribution in [1.29, 1.82) is 0 Å². The molecule has 0 saturated heterocycles. The van der Waals surface area contributed by atoms with E-state index < -0.39 is 26.2 Å². The molecule has 1 aromatic heterocycles. The van der Waals surface area contributed by atoms with Crippen molar-refractivity contribution < 1.29 is 12.8 Å². The van der Waals surface area contributed by atoms with E-state index in [2.05, 4.69) is 9.71 Å². The van der Waals surface area contributed by atoms with Crippen molar-refractivity contribution in [3.05, 3.63) is 56.7 Å². The van der Waals surface area contributed by atoms with Crippen LogP contribution in [0.3, 0.4) is 0 Å². The van der Waals surface area contributed by atoms with Gasteiger partial charge in [-0.3, -0.25) is 9.52 Å². The molecule has 2 N–H and O–H groups in total. The molecule has 9 heteroatoms. The fourth-order valence-corrected chi connectivity index (χ4v) is 3.02. The molecule has 0 radical (unpaired) electrons. The SMILES string of the molecule is O=c1cc[nH]cc1S(=O)(=O)Nc1cc(Cl)c(F)c(Cl)c1. The average Bonchev–Trinajstić information content (AvgIpc) is 2.35. The summed E-state index contributed by atoms with van der Waals surface area (Å²) in [7, 11) is -4.12. The lowest BCUT2D eigenvalue weighted by atomic mass is 10.3. The molecule has 2 rings (SSSR count). The Morgan fingerprint density at radius 3 is 2.35 bits per heavy atom. The van der Waals surface area contributed by atoms with Crippen molar-refractivity contribution in [3.63, 3.8) is 0 Å². The number of benzene rings is 1. The third-order valence-electron chi connectivity index (χ3n) is 2.31. The van der Waals surface area contributed by atoms with Crippen LogP contribution in [0.15, 0.2) is 40.3 Å². The standard InChI is InChI=1S/C11H7Cl2FN2O3S/c12-7-3-6(4-8(13)11(7)14)16-20(18,19)10-5-15-2-1-9(10)17/h1-5,16H,(H,15,17). The summed E-state index contributed by atoms with van der Waals surface area (Å²) in [5.41, 5.74) is -0.736. The van der Waals surface area contributed by atoms with Gasteiger partial charge in [0.15, 0.2) is 10.7 Å². The van der Waals surface area contributed by atoms with E-state index in [1.165, 1.54) is 6.20 Å². The lowest BCUT2D eigenvalue weighted by Crippen LogP contribution is -2.21. The molecule has 0 atom stereocenters. The maximum atomic E-state index is 13.2. The monoisotopic (exact) mass is 336 g/mol. The first-order valence-corrected chi connectivity index (χ1v) is 7.39. The number of pyridine rings is 1. The summed E-state index contributed by atoms with van der Waals surface area (Å²) in [6.07, 6.45) is 2.34. The predicted molar refractivity (Wildman–Crippen MR) is 74.3 cm³/mol. The Balaban J connectivity index is 2.44. The topological polar surface area (TPSA) is 79.0 Å². The Bertz CT molecular complexity index is 797. The van der Waals surface area contributed by atoms with Gasteiger partial charge in [0.25, 0.3) is 10.0 Å². The van der Waals surface area contributed by atoms with Crippen molar-refractivity contribution in [2.24, 2.45) is 0 Å². The molecular formula is C11H7Cl2FN2O3S.